The molecule has 0 aromatic heterocycles. The molecule has 1 amide bonds. The van der Waals surface area contributed by atoms with Gasteiger partial charge in [0.25, 0.3) is 5.91 Å². The van der Waals surface area contributed by atoms with Crippen molar-refractivity contribution in [1.29, 1.82) is 0 Å². The zero-order chi connectivity index (χ0) is 18.1. The lowest BCUT2D eigenvalue weighted by Gasteiger charge is -2.47. The van der Waals surface area contributed by atoms with Crippen LogP contribution >= 0.6 is 0 Å². The molecule has 1 spiro atoms. The summed E-state index contributed by atoms with van der Waals surface area (Å²) in [7, 11) is 1.82. The normalized spacial score (nSPS) is 25.8. The van der Waals surface area contributed by atoms with Gasteiger partial charge in [-0.1, -0.05) is 17.7 Å². The van der Waals surface area contributed by atoms with Gasteiger partial charge in [-0.15, -0.1) is 0 Å². The third-order valence-electron chi connectivity index (χ3n) is 6.75. The standard InChI is InChI=1S/C22H32N2O2/c1-17-4-3-5-19(14-17)21(25)23-12-10-22(11-13-23)9-8-20(16-26-2)24(22)15-18-6-7-18/h3-5,14,18,20H,6-13,15-16H2,1-2H3/t20-/m1/s1. The van der Waals surface area contributed by atoms with Crippen molar-refractivity contribution in [2.45, 2.75) is 57.0 Å². The first-order valence-corrected chi connectivity index (χ1v) is 10.2. The molecule has 1 atom stereocenters. The van der Waals surface area contributed by atoms with E-state index >= 15 is 0 Å². The molecule has 4 rings (SSSR count). The second-order valence-electron chi connectivity index (χ2n) is 8.63. The predicted octanol–water partition coefficient (Wildman–Crippen LogP) is 3.49. The molecule has 2 heterocycles. The maximum absolute atomic E-state index is 12.9. The van der Waals surface area contributed by atoms with Crippen molar-refractivity contribution in [1.82, 2.24) is 9.80 Å². The Kier molecular flexibility index (Phi) is 5.07. The number of aryl methyl sites for hydroxylation is 1. The van der Waals surface area contributed by atoms with Crippen LogP contribution in [0.25, 0.3) is 0 Å². The minimum absolute atomic E-state index is 0.198. The molecule has 1 saturated carbocycles. The molecular formula is C22H32N2O2. The Morgan fingerprint density at radius 3 is 2.62 bits per heavy atom. The lowest BCUT2D eigenvalue weighted by Crippen LogP contribution is -2.56. The van der Waals surface area contributed by atoms with E-state index in [0.29, 0.717) is 11.6 Å². The first-order chi connectivity index (χ1) is 12.6. The Bertz CT molecular complexity index is 647. The van der Waals surface area contributed by atoms with Gasteiger partial charge in [-0.05, 0) is 63.5 Å². The number of methoxy groups -OCH3 is 1. The highest BCUT2D eigenvalue weighted by molar-refractivity contribution is 5.94. The summed E-state index contributed by atoms with van der Waals surface area (Å²) in [5.41, 5.74) is 2.28. The SMILES string of the molecule is COC[C@H]1CCC2(CCN(C(=O)c3cccc(C)c3)CC2)N1CC1CC1. The fourth-order valence-corrected chi connectivity index (χ4v) is 5.03. The lowest BCUT2D eigenvalue weighted by atomic mass is 9.84. The number of likely N-dealkylation sites (tertiary alicyclic amines) is 2. The van der Waals surface area contributed by atoms with Crippen molar-refractivity contribution < 1.29 is 9.53 Å². The number of hydrogen-bond donors (Lipinski definition) is 0. The highest BCUT2D eigenvalue weighted by atomic mass is 16.5. The molecule has 4 nitrogen and oxygen atoms in total. The summed E-state index contributed by atoms with van der Waals surface area (Å²) in [5, 5.41) is 0. The molecule has 1 aromatic carbocycles. The van der Waals surface area contributed by atoms with Crippen molar-refractivity contribution in [2.75, 3.05) is 33.4 Å². The van der Waals surface area contributed by atoms with Gasteiger partial charge in [0.1, 0.15) is 0 Å². The molecule has 26 heavy (non-hydrogen) atoms. The molecule has 1 aromatic rings. The van der Waals surface area contributed by atoms with Crippen LogP contribution in [0.2, 0.25) is 0 Å². The lowest BCUT2D eigenvalue weighted by molar-refractivity contribution is 0.00912. The van der Waals surface area contributed by atoms with Gasteiger partial charge in [-0.3, -0.25) is 9.69 Å². The number of carbonyl (C=O) groups is 1. The molecule has 0 N–H and O–H groups in total. The molecule has 2 saturated heterocycles. The van der Waals surface area contributed by atoms with Crippen LogP contribution in [0.15, 0.2) is 24.3 Å². The van der Waals surface area contributed by atoms with E-state index in [0.717, 1.165) is 49.6 Å². The smallest absolute Gasteiger partial charge is 0.253 e. The number of nitrogens with zero attached hydrogens (tertiary/aromatic N) is 2. The van der Waals surface area contributed by atoms with Gasteiger partial charge < -0.3 is 9.64 Å². The van der Waals surface area contributed by atoms with Crippen LogP contribution in [0.4, 0.5) is 0 Å². The van der Waals surface area contributed by atoms with Crippen molar-refractivity contribution in [3.8, 4) is 0 Å². The first kappa shape index (κ1) is 18.0. The zero-order valence-electron chi connectivity index (χ0n) is 16.2. The maximum atomic E-state index is 12.9. The van der Waals surface area contributed by atoms with E-state index in [1.807, 2.05) is 38.3 Å². The Morgan fingerprint density at radius 2 is 1.96 bits per heavy atom. The topological polar surface area (TPSA) is 32.8 Å². The van der Waals surface area contributed by atoms with E-state index < -0.39 is 0 Å². The predicted molar refractivity (Wildman–Crippen MR) is 103 cm³/mol. The molecule has 2 aliphatic heterocycles. The van der Waals surface area contributed by atoms with Crippen LogP contribution in [0.5, 0.6) is 0 Å². The second kappa shape index (κ2) is 7.32. The Labute approximate surface area is 157 Å². The number of hydrogen-bond acceptors (Lipinski definition) is 3. The number of piperidine rings is 1. The monoisotopic (exact) mass is 356 g/mol. The highest BCUT2D eigenvalue weighted by Gasteiger charge is 2.49. The molecule has 4 heteroatoms. The quantitative estimate of drug-likeness (QED) is 0.810. The number of carbonyl (C=O) groups excluding carboxylic acids is 1. The highest BCUT2D eigenvalue weighted by Crippen LogP contribution is 2.44. The molecule has 0 radical (unpaired) electrons. The van der Waals surface area contributed by atoms with E-state index in [9.17, 15) is 4.79 Å². The summed E-state index contributed by atoms with van der Waals surface area (Å²) in [6.07, 6.45) is 7.51. The van der Waals surface area contributed by atoms with Crippen LogP contribution in [-0.4, -0.2) is 60.6 Å². The van der Waals surface area contributed by atoms with E-state index in [-0.39, 0.29) is 5.91 Å². The van der Waals surface area contributed by atoms with E-state index in [4.69, 9.17) is 4.74 Å². The van der Waals surface area contributed by atoms with E-state index in [2.05, 4.69) is 9.80 Å². The minimum Gasteiger partial charge on any atom is -0.383 e. The van der Waals surface area contributed by atoms with Crippen LogP contribution in [-0.2, 0) is 4.74 Å². The van der Waals surface area contributed by atoms with Gasteiger partial charge in [-0.25, -0.2) is 0 Å². The van der Waals surface area contributed by atoms with Gasteiger partial charge in [0.2, 0.25) is 0 Å². The molecule has 1 aliphatic carbocycles. The molecule has 0 unspecified atom stereocenters. The Balaban J connectivity index is 1.43. The summed E-state index contributed by atoms with van der Waals surface area (Å²) in [5.74, 6) is 1.10. The van der Waals surface area contributed by atoms with Crippen molar-refractivity contribution in [3.05, 3.63) is 35.4 Å². The Morgan fingerprint density at radius 1 is 1.19 bits per heavy atom. The summed E-state index contributed by atoms with van der Waals surface area (Å²) in [4.78, 5) is 17.7. The summed E-state index contributed by atoms with van der Waals surface area (Å²) < 4.78 is 5.51. The van der Waals surface area contributed by atoms with Gasteiger partial charge in [0.15, 0.2) is 0 Å². The maximum Gasteiger partial charge on any atom is 0.253 e. The zero-order valence-corrected chi connectivity index (χ0v) is 16.2. The second-order valence-corrected chi connectivity index (χ2v) is 8.63. The first-order valence-electron chi connectivity index (χ1n) is 10.2. The van der Waals surface area contributed by atoms with Gasteiger partial charge in [-0.2, -0.15) is 0 Å². The Hall–Kier alpha value is -1.39. The van der Waals surface area contributed by atoms with E-state index in [1.54, 1.807) is 0 Å². The fourth-order valence-electron chi connectivity index (χ4n) is 5.03. The number of benzene rings is 1. The fraction of sp³-hybridized carbons (Fsp3) is 0.682. The van der Waals surface area contributed by atoms with Crippen molar-refractivity contribution in [3.63, 3.8) is 0 Å². The van der Waals surface area contributed by atoms with Crippen LogP contribution in [0, 0.1) is 12.8 Å². The number of ether oxygens (including phenoxy) is 1. The average Bonchev–Trinajstić information content (AvgIpc) is 3.42. The van der Waals surface area contributed by atoms with Gasteiger partial charge in [0, 0.05) is 43.9 Å². The molecule has 142 valence electrons. The summed E-state index contributed by atoms with van der Waals surface area (Å²) >= 11 is 0. The van der Waals surface area contributed by atoms with Crippen LogP contribution in [0.1, 0.15) is 54.4 Å². The number of amides is 1. The third kappa shape index (κ3) is 3.54. The summed E-state index contributed by atoms with van der Waals surface area (Å²) in [6.45, 7) is 5.90. The van der Waals surface area contributed by atoms with E-state index in [1.165, 1.54) is 32.2 Å². The van der Waals surface area contributed by atoms with Crippen molar-refractivity contribution >= 4 is 5.91 Å². The average molecular weight is 357 g/mol. The third-order valence-corrected chi connectivity index (χ3v) is 6.75. The molecule has 3 aliphatic rings. The largest absolute Gasteiger partial charge is 0.383 e. The molecule has 3 fully saturated rings. The summed E-state index contributed by atoms with van der Waals surface area (Å²) in [6, 6.07) is 8.56. The van der Waals surface area contributed by atoms with Crippen LogP contribution in [0.3, 0.4) is 0 Å². The molecule has 0 bridgehead atoms. The number of rotatable bonds is 5. The molecular weight excluding hydrogens is 324 g/mol. The van der Waals surface area contributed by atoms with Crippen LogP contribution < -0.4 is 0 Å². The minimum atomic E-state index is 0.198. The van der Waals surface area contributed by atoms with Gasteiger partial charge in [0.05, 0.1) is 6.61 Å². The van der Waals surface area contributed by atoms with Crippen molar-refractivity contribution in [2.24, 2.45) is 5.92 Å². The van der Waals surface area contributed by atoms with Gasteiger partial charge >= 0.3 is 0 Å².